The number of benzene rings is 2. The number of anilines is 1. The van der Waals surface area contributed by atoms with E-state index >= 15 is 0 Å². The van der Waals surface area contributed by atoms with Crippen molar-refractivity contribution in [2.45, 2.75) is 64.9 Å². The van der Waals surface area contributed by atoms with Gasteiger partial charge in [-0.1, -0.05) is 24.3 Å². The molecule has 0 bridgehead atoms. The van der Waals surface area contributed by atoms with Gasteiger partial charge in [-0.2, -0.15) is 22.9 Å². The number of carbonyl (C=O) groups is 3. The van der Waals surface area contributed by atoms with Crippen LogP contribution in [-0.4, -0.2) is 46.7 Å². The molecule has 2 aromatic carbocycles. The lowest BCUT2D eigenvalue weighted by atomic mass is 9.94. The average molecular weight is 644 g/mol. The molecular weight excluding hydrogens is 607 g/mol. The number of ether oxygens (including phenoxy) is 2. The number of alkyl halides is 3. The first-order chi connectivity index (χ1) is 21.6. The molecule has 2 heterocycles. The number of carboxylic acid groups (broad SMARTS) is 1. The summed E-state index contributed by atoms with van der Waals surface area (Å²) in [6, 6.07) is 14.4. The van der Waals surface area contributed by atoms with Crippen molar-refractivity contribution in [3.8, 4) is 5.75 Å². The first-order valence-electron chi connectivity index (χ1n) is 14.7. The van der Waals surface area contributed by atoms with E-state index in [9.17, 15) is 37.9 Å². The number of amides is 2. The van der Waals surface area contributed by atoms with Gasteiger partial charge in [-0.05, 0) is 74.2 Å². The molecule has 1 aromatic heterocycles. The van der Waals surface area contributed by atoms with Crippen LogP contribution in [0.15, 0.2) is 66.9 Å². The van der Waals surface area contributed by atoms with Crippen LogP contribution in [0, 0.1) is 11.1 Å². The van der Waals surface area contributed by atoms with Gasteiger partial charge in [0.1, 0.15) is 17.9 Å². The third-order valence-corrected chi connectivity index (χ3v) is 7.23. The van der Waals surface area contributed by atoms with Crippen LogP contribution in [0.5, 0.6) is 5.75 Å². The maximum atomic E-state index is 13.4. The van der Waals surface area contributed by atoms with Crippen molar-refractivity contribution in [2.75, 3.05) is 18.1 Å². The van der Waals surface area contributed by atoms with Crippen molar-refractivity contribution in [3.05, 3.63) is 94.3 Å². The molecule has 3 aromatic rings. The highest BCUT2D eigenvalue weighted by Gasteiger charge is 2.33. The van der Waals surface area contributed by atoms with E-state index in [4.69, 9.17) is 9.47 Å². The smallest absolute Gasteiger partial charge is 0.507 e. The fraction of sp³-hybridized carbons (Fsp3) is 0.394. The maximum absolute atomic E-state index is 13.4. The van der Waals surface area contributed by atoms with E-state index < -0.39 is 41.2 Å². The fourth-order valence-electron chi connectivity index (χ4n) is 5.11. The molecule has 0 fully saturated rings. The number of rotatable bonds is 10. The zero-order chi connectivity index (χ0) is 33.6. The van der Waals surface area contributed by atoms with Crippen LogP contribution in [0.1, 0.15) is 55.9 Å². The van der Waals surface area contributed by atoms with Gasteiger partial charge >= 0.3 is 18.2 Å². The molecule has 4 rings (SSSR count). The second kappa shape index (κ2) is 14.1. The summed E-state index contributed by atoms with van der Waals surface area (Å²) in [5.41, 5.74) is 0.375. The average Bonchev–Trinajstić information content (AvgIpc) is 3.08. The molecule has 1 aliphatic rings. The van der Waals surface area contributed by atoms with Gasteiger partial charge < -0.3 is 24.7 Å². The Morgan fingerprint density at radius 2 is 1.78 bits per heavy atom. The molecule has 46 heavy (non-hydrogen) atoms. The Morgan fingerprint density at radius 1 is 1.07 bits per heavy atom. The third-order valence-electron chi connectivity index (χ3n) is 7.23. The van der Waals surface area contributed by atoms with Gasteiger partial charge in [0.25, 0.3) is 5.82 Å². The van der Waals surface area contributed by atoms with E-state index in [1.807, 2.05) is 0 Å². The molecule has 1 N–H and O–H groups in total. The van der Waals surface area contributed by atoms with Gasteiger partial charge in [-0.15, -0.1) is 0 Å². The minimum absolute atomic E-state index is 0.00266. The SMILES string of the molecule is CC(C)(C)OC(=O)N(CCCOc1ccc2c(c1)CN(Cc1ccc(C(F)(F)F)cc1)C(=O)C(CC(=O)O)C2)c1cccc[n+]1[O-]. The first kappa shape index (κ1) is 34.1. The number of carboxylic acids is 1. The normalized spacial score (nSPS) is 15.1. The number of hydrogen-bond acceptors (Lipinski definition) is 6. The molecule has 246 valence electrons. The van der Waals surface area contributed by atoms with Crippen molar-refractivity contribution in [2.24, 2.45) is 5.92 Å². The lowest BCUT2D eigenvalue weighted by Gasteiger charge is -2.24. The summed E-state index contributed by atoms with van der Waals surface area (Å²) < 4.78 is 51.1. The molecule has 1 aliphatic heterocycles. The predicted octanol–water partition coefficient (Wildman–Crippen LogP) is 5.73. The fourth-order valence-corrected chi connectivity index (χ4v) is 5.11. The van der Waals surface area contributed by atoms with Crippen LogP contribution in [0.3, 0.4) is 0 Å². The topological polar surface area (TPSA) is 123 Å². The minimum atomic E-state index is -4.49. The molecule has 10 nitrogen and oxygen atoms in total. The van der Waals surface area contributed by atoms with Gasteiger partial charge in [-0.25, -0.2) is 4.73 Å². The van der Waals surface area contributed by atoms with Crippen molar-refractivity contribution >= 4 is 23.8 Å². The van der Waals surface area contributed by atoms with Crippen LogP contribution >= 0.6 is 0 Å². The highest BCUT2D eigenvalue weighted by atomic mass is 19.4. The van der Waals surface area contributed by atoms with E-state index in [-0.39, 0.29) is 44.9 Å². The summed E-state index contributed by atoms with van der Waals surface area (Å²) in [4.78, 5) is 40.6. The van der Waals surface area contributed by atoms with Crippen LogP contribution < -0.4 is 14.4 Å². The van der Waals surface area contributed by atoms with Crippen LogP contribution in [0.25, 0.3) is 0 Å². The Labute approximate surface area is 264 Å². The zero-order valence-corrected chi connectivity index (χ0v) is 25.8. The molecule has 0 saturated carbocycles. The first-order valence-corrected chi connectivity index (χ1v) is 14.7. The lowest BCUT2D eigenvalue weighted by molar-refractivity contribution is -0.591. The van der Waals surface area contributed by atoms with Crippen molar-refractivity contribution in [3.63, 3.8) is 0 Å². The summed E-state index contributed by atoms with van der Waals surface area (Å²) >= 11 is 0. The van der Waals surface area contributed by atoms with Crippen molar-refractivity contribution < 1.29 is 46.9 Å². The largest absolute Gasteiger partial charge is 0.711 e. The number of nitrogens with zero attached hydrogens (tertiary/aromatic N) is 3. The van der Waals surface area contributed by atoms with E-state index in [2.05, 4.69) is 0 Å². The van der Waals surface area contributed by atoms with Crippen LogP contribution in [0.2, 0.25) is 0 Å². The predicted molar refractivity (Wildman–Crippen MR) is 161 cm³/mol. The van der Waals surface area contributed by atoms with Crippen LogP contribution in [-0.2, 0) is 40.0 Å². The Morgan fingerprint density at radius 3 is 2.41 bits per heavy atom. The van der Waals surface area contributed by atoms with Gasteiger partial charge in [-0.3, -0.25) is 9.59 Å². The summed E-state index contributed by atoms with van der Waals surface area (Å²) in [7, 11) is 0. The molecule has 0 radical (unpaired) electrons. The molecule has 1 unspecified atom stereocenters. The van der Waals surface area contributed by atoms with Gasteiger partial charge in [0.2, 0.25) is 5.91 Å². The highest BCUT2D eigenvalue weighted by Crippen LogP contribution is 2.31. The zero-order valence-electron chi connectivity index (χ0n) is 25.8. The summed E-state index contributed by atoms with van der Waals surface area (Å²) in [6.45, 7) is 5.57. The Hall–Kier alpha value is -4.81. The van der Waals surface area contributed by atoms with E-state index in [1.54, 1.807) is 51.1 Å². The Bertz CT molecular complexity index is 1560. The molecule has 1 atom stereocenters. The van der Waals surface area contributed by atoms with Crippen LogP contribution in [0.4, 0.5) is 23.8 Å². The summed E-state index contributed by atoms with van der Waals surface area (Å²) in [5.74, 6) is -1.80. The number of halogens is 3. The lowest BCUT2D eigenvalue weighted by Crippen LogP contribution is -2.44. The van der Waals surface area contributed by atoms with Crippen molar-refractivity contribution in [1.29, 1.82) is 0 Å². The van der Waals surface area contributed by atoms with E-state index in [1.165, 1.54) is 34.2 Å². The Balaban J connectivity index is 1.48. The number of pyridine rings is 1. The van der Waals surface area contributed by atoms with Gasteiger partial charge in [0, 0.05) is 25.6 Å². The van der Waals surface area contributed by atoms with E-state index in [0.717, 1.165) is 23.3 Å². The minimum Gasteiger partial charge on any atom is -0.711 e. The monoisotopic (exact) mass is 643 g/mol. The van der Waals surface area contributed by atoms with Gasteiger partial charge in [0.05, 0.1) is 30.7 Å². The Kier molecular flexibility index (Phi) is 10.4. The summed E-state index contributed by atoms with van der Waals surface area (Å²) in [6.07, 6.45) is -3.76. The highest BCUT2D eigenvalue weighted by molar-refractivity contribution is 5.86. The molecule has 13 heteroatoms. The standard InChI is InChI=1S/C33H36F3N3O7/c1-32(2,3)46-31(43)38(28-7-4-5-15-39(28)44)14-6-16-45-27-13-10-23-17-24(19-29(40)41)30(42)37(21-25(23)18-27)20-22-8-11-26(12-9-22)33(34,35)36/h4-5,7-13,15,18,24H,6,14,16-17,19-21H2,1-3H3,(H,40,41). The third kappa shape index (κ3) is 9.11. The molecule has 0 saturated heterocycles. The van der Waals surface area contributed by atoms with E-state index in [0.29, 0.717) is 22.5 Å². The molecule has 0 spiro atoms. The quantitative estimate of drug-likeness (QED) is 0.170. The second-order valence-electron chi connectivity index (χ2n) is 12.0. The number of carbonyl (C=O) groups excluding carboxylic acids is 2. The second-order valence-corrected chi connectivity index (χ2v) is 12.0. The number of fused-ring (bicyclic) bond motifs is 1. The number of aromatic nitrogens is 1. The van der Waals surface area contributed by atoms with Gasteiger partial charge in [0.15, 0.2) is 0 Å². The van der Waals surface area contributed by atoms with Crippen molar-refractivity contribution in [1.82, 2.24) is 4.90 Å². The number of aliphatic carboxylic acids is 1. The molecule has 0 aliphatic carbocycles. The maximum Gasteiger partial charge on any atom is 0.507 e. The summed E-state index contributed by atoms with van der Waals surface area (Å²) in [5, 5.41) is 21.8. The molecular formula is C33H36F3N3O7. The number of hydrogen-bond donors (Lipinski definition) is 1. The molecule has 2 amide bonds.